The number of unbranched alkanes of at least 4 members (excludes halogenated alkanes) is 6. The molecule has 0 spiro atoms. The van der Waals surface area contributed by atoms with Crippen LogP contribution >= 0.6 is 8.03 Å². The van der Waals surface area contributed by atoms with Crippen molar-refractivity contribution in [3.05, 3.63) is 29.8 Å². The molecule has 1 atom stereocenters. The molecule has 0 N–H and O–H groups in total. The van der Waals surface area contributed by atoms with Gasteiger partial charge < -0.3 is 0 Å². The standard InChI is InChI=1S/C18H30O2P/c1-3-5-7-8-9-10-13-17-14-11-12-15-18(17)21(19)20-16-6-4-2/h11-12,14-15H,3-10,13,16H2,1-2H3/q+1. The molecule has 0 aliphatic rings. The van der Waals surface area contributed by atoms with E-state index in [2.05, 4.69) is 19.9 Å². The summed E-state index contributed by atoms with van der Waals surface area (Å²) in [6.07, 6.45) is 10.8. The van der Waals surface area contributed by atoms with Crippen molar-refractivity contribution in [1.29, 1.82) is 0 Å². The van der Waals surface area contributed by atoms with E-state index in [9.17, 15) is 4.57 Å². The first-order valence-electron chi connectivity index (χ1n) is 8.47. The predicted molar refractivity (Wildman–Crippen MR) is 91.6 cm³/mol. The zero-order valence-corrected chi connectivity index (χ0v) is 14.5. The van der Waals surface area contributed by atoms with Gasteiger partial charge in [-0.3, -0.25) is 0 Å². The number of rotatable bonds is 12. The van der Waals surface area contributed by atoms with Gasteiger partial charge in [-0.25, -0.2) is 0 Å². The fourth-order valence-corrected chi connectivity index (χ4v) is 3.42. The maximum absolute atomic E-state index is 12.2. The van der Waals surface area contributed by atoms with Crippen molar-refractivity contribution >= 4 is 13.3 Å². The van der Waals surface area contributed by atoms with Crippen molar-refractivity contribution in [2.24, 2.45) is 0 Å². The fraction of sp³-hybridized carbons (Fsp3) is 0.667. The van der Waals surface area contributed by atoms with Crippen LogP contribution in [0.1, 0.15) is 70.8 Å². The lowest BCUT2D eigenvalue weighted by Gasteiger charge is -2.02. The van der Waals surface area contributed by atoms with Gasteiger partial charge in [-0.15, -0.1) is 4.52 Å². The van der Waals surface area contributed by atoms with Crippen LogP contribution in [0.25, 0.3) is 0 Å². The van der Waals surface area contributed by atoms with E-state index >= 15 is 0 Å². The minimum Gasteiger partial charge on any atom is -0.142 e. The first-order valence-corrected chi connectivity index (χ1v) is 9.65. The van der Waals surface area contributed by atoms with E-state index in [1.807, 2.05) is 18.2 Å². The Labute approximate surface area is 131 Å². The summed E-state index contributed by atoms with van der Waals surface area (Å²) in [4.78, 5) is 0. The van der Waals surface area contributed by atoms with Gasteiger partial charge in [0, 0.05) is 5.56 Å². The number of benzene rings is 1. The second-order valence-corrected chi connectivity index (χ2v) is 6.84. The Morgan fingerprint density at radius 1 is 0.905 bits per heavy atom. The van der Waals surface area contributed by atoms with Gasteiger partial charge in [-0.1, -0.05) is 70.6 Å². The lowest BCUT2D eigenvalue weighted by atomic mass is 10.1. The van der Waals surface area contributed by atoms with Gasteiger partial charge in [0.25, 0.3) is 0 Å². The molecule has 0 saturated carbocycles. The van der Waals surface area contributed by atoms with Gasteiger partial charge >= 0.3 is 8.03 Å². The summed E-state index contributed by atoms with van der Waals surface area (Å²) in [5.41, 5.74) is 1.20. The topological polar surface area (TPSA) is 26.3 Å². The minimum atomic E-state index is -1.69. The van der Waals surface area contributed by atoms with E-state index in [0.717, 1.165) is 24.6 Å². The monoisotopic (exact) mass is 309 g/mol. The third-order valence-corrected chi connectivity index (χ3v) is 4.94. The molecular weight excluding hydrogens is 279 g/mol. The Hall–Kier alpha value is -0.720. The van der Waals surface area contributed by atoms with Crippen LogP contribution in [0.15, 0.2) is 24.3 Å². The van der Waals surface area contributed by atoms with Crippen molar-refractivity contribution in [2.45, 2.75) is 71.6 Å². The third kappa shape index (κ3) is 7.74. The molecule has 0 aliphatic heterocycles. The number of aryl methyl sites for hydroxylation is 1. The van der Waals surface area contributed by atoms with Crippen molar-refractivity contribution in [2.75, 3.05) is 6.61 Å². The van der Waals surface area contributed by atoms with E-state index in [1.54, 1.807) is 0 Å². The summed E-state index contributed by atoms with van der Waals surface area (Å²) in [6.45, 7) is 4.95. The molecule has 0 aromatic heterocycles. The average molecular weight is 309 g/mol. The zero-order chi connectivity index (χ0) is 15.3. The largest absolute Gasteiger partial charge is 0.548 e. The van der Waals surface area contributed by atoms with E-state index in [1.165, 1.54) is 44.1 Å². The van der Waals surface area contributed by atoms with Gasteiger partial charge in [0.15, 0.2) is 0 Å². The quantitative estimate of drug-likeness (QED) is 0.361. The Kier molecular flexibility index (Phi) is 10.4. The Bertz CT molecular complexity index is 404. The van der Waals surface area contributed by atoms with Crippen molar-refractivity contribution in [1.82, 2.24) is 0 Å². The first-order chi connectivity index (χ1) is 10.3. The molecule has 21 heavy (non-hydrogen) atoms. The summed E-state index contributed by atoms with van der Waals surface area (Å²) >= 11 is 0. The summed E-state index contributed by atoms with van der Waals surface area (Å²) in [5.74, 6) is 0. The van der Waals surface area contributed by atoms with Crippen LogP contribution in [0, 0.1) is 0 Å². The van der Waals surface area contributed by atoms with Crippen LogP contribution in [0.4, 0.5) is 0 Å². The smallest absolute Gasteiger partial charge is 0.142 e. The zero-order valence-electron chi connectivity index (χ0n) is 13.6. The van der Waals surface area contributed by atoms with Crippen LogP contribution in [0.2, 0.25) is 0 Å². The van der Waals surface area contributed by atoms with Gasteiger partial charge in [0.2, 0.25) is 5.30 Å². The van der Waals surface area contributed by atoms with Crippen molar-refractivity contribution in [3.8, 4) is 0 Å². The Morgan fingerprint density at radius 3 is 2.33 bits per heavy atom. The van der Waals surface area contributed by atoms with E-state index in [0.29, 0.717) is 6.61 Å². The second-order valence-electron chi connectivity index (χ2n) is 5.59. The van der Waals surface area contributed by atoms with E-state index < -0.39 is 8.03 Å². The SMILES string of the molecule is CCCCCCCCc1ccccc1[P+](=O)OCCCC. The number of hydrogen-bond acceptors (Lipinski definition) is 2. The highest BCUT2D eigenvalue weighted by molar-refractivity contribution is 7.48. The molecule has 0 saturated heterocycles. The van der Waals surface area contributed by atoms with Crippen LogP contribution in [-0.2, 0) is 15.5 Å². The molecule has 1 rings (SSSR count). The van der Waals surface area contributed by atoms with Crippen LogP contribution < -0.4 is 5.30 Å². The van der Waals surface area contributed by atoms with Gasteiger partial charge in [0.05, 0.1) is 0 Å². The predicted octanol–water partition coefficient (Wildman–Crippen LogP) is 5.77. The highest BCUT2D eigenvalue weighted by atomic mass is 31.1. The van der Waals surface area contributed by atoms with Crippen LogP contribution in [0.5, 0.6) is 0 Å². The number of hydrogen-bond donors (Lipinski definition) is 0. The summed E-state index contributed by atoms with van der Waals surface area (Å²) in [6, 6.07) is 8.04. The molecule has 1 aromatic carbocycles. The highest BCUT2D eigenvalue weighted by Crippen LogP contribution is 2.25. The molecule has 0 amide bonds. The molecule has 0 radical (unpaired) electrons. The van der Waals surface area contributed by atoms with Crippen molar-refractivity contribution in [3.63, 3.8) is 0 Å². The molecule has 3 heteroatoms. The lowest BCUT2D eigenvalue weighted by Crippen LogP contribution is -2.07. The van der Waals surface area contributed by atoms with Crippen molar-refractivity contribution < 1.29 is 9.09 Å². The minimum absolute atomic E-state index is 0.594. The summed E-state index contributed by atoms with van der Waals surface area (Å²) in [5, 5.41) is 0.900. The molecule has 0 heterocycles. The highest BCUT2D eigenvalue weighted by Gasteiger charge is 2.25. The molecule has 0 bridgehead atoms. The lowest BCUT2D eigenvalue weighted by molar-refractivity contribution is 0.326. The maximum atomic E-state index is 12.2. The van der Waals surface area contributed by atoms with Crippen LogP contribution in [0.3, 0.4) is 0 Å². The van der Waals surface area contributed by atoms with E-state index in [-0.39, 0.29) is 0 Å². The van der Waals surface area contributed by atoms with E-state index in [4.69, 9.17) is 4.52 Å². The second kappa shape index (κ2) is 11.9. The van der Waals surface area contributed by atoms with Gasteiger partial charge in [-0.2, -0.15) is 0 Å². The molecule has 2 nitrogen and oxygen atoms in total. The molecule has 0 aliphatic carbocycles. The Balaban J connectivity index is 2.41. The maximum Gasteiger partial charge on any atom is 0.548 e. The average Bonchev–Trinajstić information content (AvgIpc) is 2.51. The normalized spacial score (nSPS) is 11.6. The summed E-state index contributed by atoms with van der Waals surface area (Å²) in [7, 11) is -1.69. The Morgan fingerprint density at radius 2 is 1.57 bits per heavy atom. The van der Waals surface area contributed by atoms with Crippen LogP contribution in [-0.4, -0.2) is 6.61 Å². The van der Waals surface area contributed by atoms with Gasteiger partial charge in [-0.05, 0) is 29.9 Å². The molecule has 118 valence electrons. The van der Waals surface area contributed by atoms with Gasteiger partial charge in [0.1, 0.15) is 6.61 Å². The molecule has 1 unspecified atom stereocenters. The summed E-state index contributed by atoms with van der Waals surface area (Å²) < 4.78 is 17.7. The molecular formula is C18H30O2P+. The fourth-order valence-electron chi connectivity index (χ4n) is 2.36. The third-order valence-electron chi connectivity index (χ3n) is 3.69. The first kappa shape index (κ1) is 18.3. The molecule has 1 aromatic rings. The molecule has 0 fully saturated rings.